The lowest BCUT2D eigenvalue weighted by Crippen LogP contribution is -2.02. The lowest BCUT2D eigenvalue weighted by molar-refractivity contribution is 0.0599. The second kappa shape index (κ2) is 4.07. The van der Waals surface area contributed by atoms with Crippen molar-refractivity contribution >= 4 is 33.5 Å². The van der Waals surface area contributed by atoms with Crippen molar-refractivity contribution in [2.45, 2.75) is 0 Å². The number of hydrogen-bond acceptors (Lipinski definition) is 2. The second-order valence-corrected chi connectivity index (χ2v) is 3.39. The van der Waals surface area contributed by atoms with Crippen LogP contribution < -0.4 is 0 Å². The molecule has 0 unspecified atom stereocenters. The summed E-state index contributed by atoms with van der Waals surface area (Å²) in [5, 5.41) is -0.122. The van der Waals surface area contributed by atoms with Gasteiger partial charge < -0.3 is 4.74 Å². The summed E-state index contributed by atoms with van der Waals surface area (Å²) in [5.74, 6) is -1.14. The van der Waals surface area contributed by atoms with Gasteiger partial charge in [-0.05, 0) is 28.1 Å². The van der Waals surface area contributed by atoms with Gasteiger partial charge in [0.25, 0.3) is 0 Å². The van der Waals surface area contributed by atoms with Crippen LogP contribution in [0.3, 0.4) is 0 Å². The molecule has 0 aromatic heterocycles. The minimum atomic E-state index is -0.582. The molecule has 0 aliphatic heterocycles. The number of rotatable bonds is 1. The van der Waals surface area contributed by atoms with Crippen molar-refractivity contribution in [3.05, 3.63) is 33.0 Å². The molecule has 0 atom stereocenters. The number of carbonyl (C=O) groups is 1. The summed E-state index contributed by atoms with van der Waals surface area (Å²) in [6.45, 7) is 0. The fourth-order valence-electron chi connectivity index (χ4n) is 0.794. The largest absolute Gasteiger partial charge is 0.465 e. The average Bonchev–Trinajstić information content (AvgIpc) is 2.13. The molecule has 0 aliphatic carbocycles. The van der Waals surface area contributed by atoms with Crippen molar-refractivity contribution in [3.8, 4) is 0 Å². The van der Waals surface area contributed by atoms with Crippen LogP contribution in [0.15, 0.2) is 16.6 Å². The van der Waals surface area contributed by atoms with Crippen LogP contribution in [-0.2, 0) is 4.74 Å². The number of ether oxygens (including phenoxy) is 1. The van der Waals surface area contributed by atoms with Crippen LogP contribution >= 0.6 is 27.5 Å². The van der Waals surface area contributed by atoms with E-state index in [0.717, 1.165) is 6.07 Å². The van der Waals surface area contributed by atoms with Crippen molar-refractivity contribution in [2.75, 3.05) is 7.11 Å². The molecule has 0 fully saturated rings. The molecule has 0 aliphatic rings. The summed E-state index contributed by atoms with van der Waals surface area (Å²) in [5.41, 5.74) is 0.203. The Balaban J connectivity index is 3.26. The first-order chi connectivity index (χ1) is 6.07. The minimum Gasteiger partial charge on any atom is -0.465 e. The van der Waals surface area contributed by atoms with Crippen molar-refractivity contribution < 1.29 is 13.9 Å². The molecule has 0 bridgehead atoms. The molecule has 70 valence electrons. The van der Waals surface area contributed by atoms with Crippen LogP contribution in [0.2, 0.25) is 5.02 Å². The monoisotopic (exact) mass is 266 g/mol. The molecular formula is C8H5BrClFO2. The van der Waals surface area contributed by atoms with Gasteiger partial charge in [0.1, 0.15) is 5.82 Å². The highest BCUT2D eigenvalue weighted by molar-refractivity contribution is 9.10. The van der Waals surface area contributed by atoms with Crippen molar-refractivity contribution in [1.82, 2.24) is 0 Å². The van der Waals surface area contributed by atoms with Crippen LogP contribution in [-0.4, -0.2) is 13.1 Å². The first kappa shape index (κ1) is 10.5. The van der Waals surface area contributed by atoms with Gasteiger partial charge in [0.15, 0.2) is 0 Å². The van der Waals surface area contributed by atoms with Gasteiger partial charge in [0.05, 0.1) is 22.2 Å². The highest BCUT2D eigenvalue weighted by atomic mass is 79.9. The van der Waals surface area contributed by atoms with Crippen LogP contribution in [0, 0.1) is 5.82 Å². The zero-order valence-corrected chi connectivity index (χ0v) is 8.95. The maximum atomic E-state index is 12.8. The molecule has 13 heavy (non-hydrogen) atoms. The van der Waals surface area contributed by atoms with E-state index in [0.29, 0.717) is 0 Å². The molecule has 1 aromatic rings. The average molecular weight is 267 g/mol. The highest BCUT2D eigenvalue weighted by Gasteiger charge is 2.15. The van der Waals surface area contributed by atoms with E-state index in [1.54, 1.807) is 0 Å². The molecule has 0 spiro atoms. The smallest absolute Gasteiger partial charge is 0.339 e. The summed E-state index contributed by atoms with van der Waals surface area (Å²) >= 11 is 8.55. The van der Waals surface area contributed by atoms with E-state index in [-0.39, 0.29) is 15.1 Å². The van der Waals surface area contributed by atoms with Crippen molar-refractivity contribution in [1.29, 1.82) is 0 Å². The van der Waals surface area contributed by atoms with E-state index in [1.165, 1.54) is 13.2 Å². The molecule has 0 amide bonds. The molecule has 0 saturated carbocycles. The second-order valence-electron chi connectivity index (χ2n) is 2.21. The third-order valence-electron chi connectivity index (χ3n) is 1.44. The van der Waals surface area contributed by atoms with E-state index in [1.807, 2.05) is 0 Å². The molecule has 1 rings (SSSR count). The molecule has 1 aromatic carbocycles. The predicted octanol–water partition coefficient (Wildman–Crippen LogP) is 3.03. The Bertz CT molecular complexity index is 354. The SMILES string of the molecule is COC(=O)c1ccc(F)c(Cl)c1Br. The van der Waals surface area contributed by atoms with Crippen LogP contribution in [0.25, 0.3) is 0 Å². The van der Waals surface area contributed by atoms with Gasteiger partial charge in [-0.1, -0.05) is 11.6 Å². The fraction of sp³-hybridized carbons (Fsp3) is 0.125. The fourth-order valence-corrected chi connectivity index (χ4v) is 1.44. The zero-order valence-electron chi connectivity index (χ0n) is 6.61. The third kappa shape index (κ3) is 2.00. The van der Waals surface area contributed by atoms with E-state index in [2.05, 4.69) is 20.7 Å². The number of carbonyl (C=O) groups excluding carboxylic acids is 1. The summed E-state index contributed by atoms with van der Waals surface area (Å²) in [4.78, 5) is 11.1. The molecule has 0 radical (unpaired) electrons. The Labute approximate surface area is 87.8 Å². The van der Waals surface area contributed by atoms with Crippen LogP contribution in [0.1, 0.15) is 10.4 Å². The van der Waals surface area contributed by atoms with Gasteiger partial charge in [-0.3, -0.25) is 0 Å². The van der Waals surface area contributed by atoms with Gasteiger partial charge in [-0.15, -0.1) is 0 Å². The Morgan fingerprint density at radius 3 is 2.77 bits per heavy atom. The van der Waals surface area contributed by atoms with Gasteiger partial charge in [0, 0.05) is 0 Å². The van der Waals surface area contributed by atoms with Gasteiger partial charge in [-0.2, -0.15) is 0 Å². The summed E-state index contributed by atoms with van der Waals surface area (Å²) in [6, 6.07) is 2.41. The summed E-state index contributed by atoms with van der Waals surface area (Å²) in [7, 11) is 1.24. The van der Waals surface area contributed by atoms with E-state index >= 15 is 0 Å². The zero-order chi connectivity index (χ0) is 10.0. The normalized spacial score (nSPS) is 9.85. The lowest BCUT2D eigenvalue weighted by atomic mass is 10.2. The Kier molecular flexibility index (Phi) is 3.27. The highest BCUT2D eigenvalue weighted by Crippen LogP contribution is 2.29. The summed E-state index contributed by atoms with van der Waals surface area (Å²) < 4.78 is 17.5. The Morgan fingerprint density at radius 1 is 1.62 bits per heavy atom. The predicted molar refractivity (Wildman–Crippen MR) is 50.4 cm³/mol. The van der Waals surface area contributed by atoms with E-state index in [4.69, 9.17) is 11.6 Å². The summed E-state index contributed by atoms with van der Waals surface area (Å²) in [6.07, 6.45) is 0. The van der Waals surface area contributed by atoms with E-state index < -0.39 is 11.8 Å². The number of hydrogen-bond donors (Lipinski definition) is 0. The quantitative estimate of drug-likeness (QED) is 0.577. The van der Waals surface area contributed by atoms with Crippen LogP contribution in [0.4, 0.5) is 4.39 Å². The third-order valence-corrected chi connectivity index (χ3v) is 2.86. The topological polar surface area (TPSA) is 26.3 Å². The van der Waals surface area contributed by atoms with Gasteiger partial charge in [-0.25, -0.2) is 9.18 Å². The Hall–Kier alpha value is -0.610. The first-order valence-electron chi connectivity index (χ1n) is 3.29. The number of benzene rings is 1. The number of methoxy groups -OCH3 is 1. The number of halogens is 3. The maximum Gasteiger partial charge on any atom is 0.339 e. The first-order valence-corrected chi connectivity index (χ1v) is 4.47. The van der Waals surface area contributed by atoms with Gasteiger partial charge >= 0.3 is 5.97 Å². The lowest BCUT2D eigenvalue weighted by Gasteiger charge is -2.03. The van der Waals surface area contributed by atoms with Crippen molar-refractivity contribution in [2.24, 2.45) is 0 Å². The maximum absolute atomic E-state index is 12.8. The standard InChI is InChI=1S/C8H5BrClFO2/c1-13-8(12)4-2-3-5(11)7(10)6(4)9/h2-3H,1H3. The van der Waals surface area contributed by atoms with Crippen LogP contribution in [0.5, 0.6) is 0 Å². The van der Waals surface area contributed by atoms with Crippen molar-refractivity contribution in [3.63, 3.8) is 0 Å². The molecule has 0 saturated heterocycles. The molecule has 5 heteroatoms. The van der Waals surface area contributed by atoms with E-state index in [9.17, 15) is 9.18 Å². The molecule has 0 N–H and O–H groups in total. The molecular weight excluding hydrogens is 262 g/mol. The molecule has 0 heterocycles. The molecule has 2 nitrogen and oxygen atoms in total. The number of esters is 1. The minimum absolute atomic E-state index is 0.122. The van der Waals surface area contributed by atoms with Gasteiger partial charge in [0.2, 0.25) is 0 Å². The Morgan fingerprint density at radius 2 is 2.23 bits per heavy atom.